The third-order valence-electron chi connectivity index (χ3n) is 3.16. The van der Waals surface area contributed by atoms with Crippen molar-refractivity contribution in [2.75, 3.05) is 6.61 Å². The summed E-state index contributed by atoms with van der Waals surface area (Å²) in [5, 5.41) is 15.4. The van der Waals surface area contributed by atoms with Crippen LogP contribution in [0.3, 0.4) is 0 Å². The molecule has 0 spiro atoms. The van der Waals surface area contributed by atoms with Crippen LogP contribution in [0.25, 0.3) is 0 Å². The highest BCUT2D eigenvalue weighted by Gasteiger charge is 2.33. The Morgan fingerprint density at radius 1 is 1.39 bits per heavy atom. The highest BCUT2D eigenvalue weighted by atomic mass is 16.5. The zero-order valence-electron chi connectivity index (χ0n) is 11.7. The van der Waals surface area contributed by atoms with Gasteiger partial charge < -0.3 is 10.1 Å². The topological polar surface area (TPSA) is 64.9 Å². The number of nitrogens with zero attached hydrogens (tertiary/aromatic N) is 4. The van der Waals surface area contributed by atoms with Crippen LogP contribution < -0.4 is 5.32 Å². The van der Waals surface area contributed by atoms with Crippen molar-refractivity contribution in [3.05, 3.63) is 5.82 Å². The molecule has 1 saturated carbocycles. The minimum Gasteiger partial charge on any atom is -0.378 e. The zero-order valence-corrected chi connectivity index (χ0v) is 11.7. The molecule has 1 aromatic rings. The van der Waals surface area contributed by atoms with E-state index in [1.165, 1.54) is 0 Å². The standard InChI is InChI=1S/C12H23N5O/c1-5-18-10-6-9(7-10)17-11(14-15-16-17)8-13-12(2,3)4/h9-10,13H,5-8H2,1-4H3. The highest BCUT2D eigenvalue weighted by Crippen LogP contribution is 2.34. The molecule has 0 unspecified atom stereocenters. The zero-order chi connectivity index (χ0) is 13.2. The monoisotopic (exact) mass is 253 g/mol. The Bertz CT molecular complexity index is 378. The van der Waals surface area contributed by atoms with Crippen LogP contribution in [0.4, 0.5) is 0 Å². The van der Waals surface area contributed by atoms with Crippen molar-refractivity contribution in [3.63, 3.8) is 0 Å². The molecule has 1 heterocycles. The average Bonchev–Trinajstić information content (AvgIpc) is 2.66. The van der Waals surface area contributed by atoms with Crippen molar-refractivity contribution < 1.29 is 4.74 Å². The van der Waals surface area contributed by atoms with Crippen molar-refractivity contribution >= 4 is 0 Å². The number of hydrogen-bond acceptors (Lipinski definition) is 5. The average molecular weight is 253 g/mol. The Hall–Kier alpha value is -1.01. The first-order valence-corrected chi connectivity index (χ1v) is 6.63. The normalized spacial score (nSPS) is 24.0. The molecule has 1 fully saturated rings. The summed E-state index contributed by atoms with van der Waals surface area (Å²) >= 11 is 0. The van der Waals surface area contributed by atoms with E-state index >= 15 is 0 Å². The summed E-state index contributed by atoms with van der Waals surface area (Å²) in [6.45, 7) is 9.92. The summed E-state index contributed by atoms with van der Waals surface area (Å²) in [7, 11) is 0. The van der Waals surface area contributed by atoms with Gasteiger partial charge in [-0.3, -0.25) is 0 Å². The van der Waals surface area contributed by atoms with Crippen molar-refractivity contribution in [2.24, 2.45) is 0 Å². The lowest BCUT2D eigenvalue weighted by atomic mass is 9.89. The quantitative estimate of drug-likeness (QED) is 0.857. The molecule has 0 radical (unpaired) electrons. The maximum Gasteiger partial charge on any atom is 0.165 e. The third-order valence-corrected chi connectivity index (χ3v) is 3.16. The molecule has 102 valence electrons. The number of rotatable bonds is 5. The Morgan fingerprint density at radius 2 is 2.11 bits per heavy atom. The molecule has 6 nitrogen and oxygen atoms in total. The largest absolute Gasteiger partial charge is 0.378 e. The van der Waals surface area contributed by atoms with Crippen LogP contribution in [0.15, 0.2) is 0 Å². The Balaban J connectivity index is 1.89. The second-order valence-electron chi connectivity index (χ2n) is 5.85. The second-order valence-corrected chi connectivity index (χ2v) is 5.85. The number of ether oxygens (including phenoxy) is 1. The first-order valence-electron chi connectivity index (χ1n) is 6.63. The van der Waals surface area contributed by atoms with E-state index in [1.54, 1.807) is 0 Å². The van der Waals surface area contributed by atoms with Gasteiger partial charge in [-0.05, 0) is 51.0 Å². The third kappa shape index (κ3) is 3.26. The van der Waals surface area contributed by atoms with E-state index in [2.05, 4.69) is 41.6 Å². The maximum absolute atomic E-state index is 5.56. The van der Waals surface area contributed by atoms with Gasteiger partial charge in [-0.15, -0.1) is 5.10 Å². The lowest BCUT2D eigenvalue weighted by molar-refractivity contribution is -0.0240. The minimum atomic E-state index is 0.0737. The van der Waals surface area contributed by atoms with Crippen LogP contribution in [-0.4, -0.2) is 38.5 Å². The molecule has 1 aliphatic rings. The van der Waals surface area contributed by atoms with Gasteiger partial charge in [-0.2, -0.15) is 0 Å². The molecular formula is C12H23N5O. The Labute approximate surface area is 108 Å². The van der Waals surface area contributed by atoms with Gasteiger partial charge >= 0.3 is 0 Å². The van der Waals surface area contributed by atoms with Crippen LogP contribution in [0.5, 0.6) is 0 Å². The van der Waals surface area contributed by atoms with Crippen LogP contribution >= 0.6 is 0 Å². The van der Waals surface area contributed by atoms with E-state index in [0.29, 0.717) is 18.7 Å². The van der Waals surface area contributed by atoms with Crippen LogP contribution in [0, 0.1) is 0 Å². The molecule has 18 heavy (non-hydrogen) atoms. The van der Waals surface area contributed by atoms with Gasteiger partial charge in [0.25, 0.3) is 0 Å². The lowest BCUT2D eigenvalue weighted by Gasteiger charge is -2.35. The molecule has 0 aromatic carbocycles. The van der Waals surface area contributed by atoms with Crippen molar-refractivity contribution in [3.8, 4) is 0 Å². The Kier molecular flexibility index (Phi) is 3.97. The van der Waals surface area contributed by atoms with Gasteiger partial charge in [0.05, 0.1) is 18.7 Å². The smallest absolute Gasteiger partial charge is 0.165 e. The van der Waals surface area contributed by atoms with Gasteiger partial charge in [0, 0.05) is 12.1 Å². The number of aromatic nitrogens is 4. The summed E-state index contributed by atoms with van der Waals surface area (Å²) in [4.78, 5) is 0. The first kappa shape index (κ1) is 13.4. The van der Waals surface area contributed by atoms with Gasteiger partial charge in [-0.1, -0.05) is 0 Å². The predicted octanol–water partition coefficient (Wildman–Crippen LogP) is 1.30. The van der Waals surface area contributed by atoms with Crippen molar-refractivity contribution in [1.82, 2.24) is 25.5 Å². The van der Waals surface area contributed by atoms with Crippen molar-refractivity contribution in [2.45, 2.75) is 64.8 Å². The molecule has 0 saturated heterocycles. The van der Waals surface area contributed by atoms with Gasteiger partial charge in [0.1, 0.15) is 0 Å². The number of tetrazole rings is 1. The molecular weight excluding hydrogens is 230 g/mol. The summed E-state index contributed by atoms with van der Waals surface area (Å²) in [6, 6.07) is 0.397. The first-order chi connectivity index (χ1) is 8.49. The predicted molar refractivity (Wildman–Crippen MR) is 68.1 cm³/mol. The number of nitrogens with one attached hydrogen (secondary N) is 1. The van der Waals surface area contributed by atoms with Crippen LogP contribution in [0.1, 0.15) is 52.4 Å². The molecule has 0 aliphatic heterocycles. The van der Waals surface area contributed by atoms with Gasteiger partial charge in [0.15, 0.2) is 5.82 Å². The molecule has 0 amide bonds. The van der Waals surface area contributed by atoms with Crippen LogP contribution in [-0.2, 0) is 11.3 Å². The molecule has 6 heteroatoms. The lowest BCUT2D eigenvalue weighted by Crippen LogP contribution is -2.38. The minimum absolute atomic E-state index is 0.0737. The molecule has 2 rings (SSSR count). The fourth-order valence-corrected chi connectivity index (χ4v) is 2.07. The van der Waals surface area contributed by atoms with E-state index in [0.717, 1.165) is 25.3 Å². The molecule has 1 N–H and O–H groups in total. The van der Waals surface area contributed by atoms with E-state index in [-0.39, 0.29) is 5.54 Å². The van der Waals surface area contributed by atoms with E-state index in [1.807, 2.05) is 11.6 Å². The molecule has 0 atom stereocenters. The van der Waals surface area contributed by atoms with E-state index in [9.17, 15) is 0 Å². The summed E-state index contributed by atoms with van der Waals surface area (Å²) in [5.41, 5.74) is 0.0737. The number of hydrogen-bond donors (Lipinski definition) is 1. The van der Waals surface area contributed by atoms with Gasteiger partial charge in [-0.25, -0.2) is 4.68 Å². The second kappa shape index (κ2) is 5.32. The SMILES string of the molecule is CCOC1CC(n2nnnc2CNC(C)(C)C)C1. The van der Waals surface area contributed by atoms with Crippen LogP contribution in [0.2, 0.25) is 0 Å². The van der Waals surface area contributed by atoms with Gasteiger partial charge in [0.2, 0.25) is 0 Å². The summed E-state index contributed by atoms with van der Waals surface area (Å²) in [5.74, 6) is 0.907. The van der Waals surface area contributed by atoms with E-state index in [4.69, 9.17) is 4.74 Å². The Morgan fingerprint density at radius 3 is 2.72 bits per heavy atom. The van der Waals surface area contributed by atoms with E-state index < -0.39 is 0 Å². The molecule has 0 bridgehead atoms. The fraction of sp³-hybridized carbons (Fsp3) is 0.917. The molecule has 1 aromatic heterocycles. The summed E-state index contributed by atoms with van der Waals surface area (Å²) in [6.07, 6.45) is 2.41. The highest BCUT2D eigenvalue weighted by molar-refractivity contribution is 4.92. The maximum atomic E-state index is 5.56. The molecule has 1 aliphatic carbocycles. The fourth-order valence-electron chi connectivity index (χ4n) is 2.07. The van der Waals surface area contributed by atoms with Crippen molar-refractivity contribution in [1.29, 1.82) is 0 Å². The summed E-state index contributed by atoms with van der Waals surface area (Å²) < 4.78 is 7.50.